The van der Waals surface area contributed by atoms with Crippen molar-refractivity contribution < 1.29 is 22.7 Å². The Balaban J connectivity index is 1.79. The Bertz CT molecular complexity index is 870. The molecule has 2 saturated heterocycles. The van der Waals surface area contributed by atoms with Gasteiger partial charge in [-0.1, -0.05) is 18.2 Å². The summed E-state index contributed by atoms with van der Waals surface area (Å²) in [5, 5.41) is 5.52. The van der Waals surface area contributed by atoms with E-state index < -0.39 is 33.4 Å². The Labute approximate surface area is 159 Å². The van der Waals surface area contributed by atoms with Crippen molar-refractivity contribution >= 4 is 21.8 Å². The zero-order chi connectivity index (χ0) is 19.8. The predicted molar refractivity (Wildman–Crippen MR) is 99.4 cm³/mol. The van der Waals surface area contributed by atoms with Crippen LogP contribution >= 0.6 is 0 Å². The number of nitrogens with one attached hydrogen (secondary N) is 2. The summed E-state index contributed by atoms with van der Waals surface area (Å²) in [5.74, 6) is -1.73. The zero-order valence-corrected chi connectivity index (χ0v) is 16.6. The van der Waals surface area contributed by atoms with Gasteiger partial charge in [0.05, 0.1) is 25.3 Å². The molecule has 1 aromatic rings. The SMILES string of the molecule is Cc1ccc(CNC(=O)[C@H]2CN(S(C)(=O)=O)C[C@@]23OCCNC3=O)cc1C. The fraction of sp³-hybridized carbons (Fsp3) is 0.556. The van der Waals surface area contributed by atoms with Crippen LogP contribution in [0.1, 0.15) is 16.7 Å². The predicted octanol–water partition coefficient (Wildman–Crippen LogP) is -0.304. The Hall–Kier alpha value is -1.97. The van der Waals surface area contributed by atoms with E-state index >= 15 is 0 Å². The summed E-state index contributed by atoms with van der Waals surface area (Å²) in [6.45, 7) is 4.66. The smallest absolute Gasteiger partial charge is 0.254 e. The van der Waals surface area contributed by atoms with Crippen molar-refractivity contribution in [2.24, 2.45) is 5.92 Å². The maximum Gasteiger partial charge on any atom is 0.254 e. The fourth-order valence-corrected chi connectivity index (χ4v) is 4.40. The van der Waals surface area contributed by atoms with Crippen LogP contribution in [0.4, 0.5) is 0 Å². The van der Waals surface area contributed by atoms with Crippen molar-refractivity contribution in [1.82, 2.24) is 14.9 Å². The zero-order valence-electron chi connectivity index (χ0n) is 15.7. The summed E-state index contributed by atoms with van der Waals surface area (Å²) in [6.07, 6.45) is 1.07. The monoisotopic (exact) mass is 395 g/mol. The van der Waals surface area contributed by atoms with Crippen molar-refractivity contribution in [3.63, 3.8) is 0 Å². The summed E-state index contributed by atoms with van der Waals surface area (Å²) < 4.78 is 30.8. The molecule has 9 heteroatoms. The van der Waals surface area contributed by atoms with E-state index in [0.717, 1.165) is 27.3 Å². The third-order valence-electron chi connectivity index (χ3n) is 5.32. The topological polar surface area (TPSA) is 105 Å². The standard InChI is InChI=1S/C18H25N3O5S/c1-12-4-5-14(8-13(12)2)9-20-16(22)15-10-21(27(3,24)25)11-18(15)17(23)19-6-7-26-18/h4-5,8,15H,6-7,9-11H2,1-3H3,(H,19,23)(H,20,22)/t15-,18-/m1/s1. The van der Waals surface area contributed by atoms with Crippen LogP contribution in [-0.2, 0) is 30.9 Å². The number of ether oxygens (including phenoxy) is 1. The normalized spacial score (nSPS) is 26.2. The van der Waals surface area contributed by atoms with Gasteiger partial charge >= 0.3 is 0 Å². The van der Waals surface area contributed by atoms with Crippen LogP contribution < -0.4 is 10.6 Å². The summed E-state index contributed by atoms with van der Waals surface area (Å²) in [6, 6.07) is 5.91. The Morgan fingerprint density at radius 3 is 2.74 bits per heavy atom. The number of amides is 2. The first-order chi connectivity index (χ1) is 12.6. The molecule has 3 rings (SSSR count). The van der Waals surface area contributed by atoms with Crippen LogP contribution in [0, 0.1) is 19.8 Å². The van der Waals surface area contributed by atoms with E-state index in [1.165, 1.54) is 0 Å². The van der Waals surface area contributed by atoms with Gasteiger partial charge in [-0.2, -0.15) is 4.31 Å². The largest absolute Gasteiger partial charge is 0.361 e. The van der Waals surface area contributed by atoms with Gasteiger partial charge in [0, 0.05) is 19.6 Å². The lowest BCUT2D eigenvalue weighted by atomic mass is 9.87. The van der Waals surface area contributed by atoms with Gasteiger partial charge in [-0.15, -0.1) is 0 Å². The minimum absolute atomic E-state index is 0.0784. The van der Waals surface area contributed by atoms with Gasteiger partial charge in [0.2, 0.25) is 15.9 Å². The van der Waals surface area contributed by atoms with Gasteiger partial charge < -0.3 is 15.4 Å². The quantitative estimate of drug-likeness (QED) is 0.728. The lowest BCUT2D eigenvalue weighted by Gasteiger charge is -2.36. The fourth-order valence-electron chi connectivity index (χ4n) is 3.55. The Morgan fingerprint density at radius 2 is 2.11 bits per heavy atom. The average molecular weight is 395 g/mol. The average Bonchev–Trinajstić information content (AvgIpc) is 2.99. The molecule has 0 unspecified atom stereocenters. The highest BCUT2D eigenvalue weighted by Gasteiger charge is 2.59. The first-order valence-corrected chi connectivity index (χ1v) is 10.7. The number of carbonyl (C=O) groups is 2. The number of morpholine rings is 1. The van der Waals surface area contributed by atoms with Crippen LogP contribution in [0.2, 0.25) is 0 Å². The number of benzene rings is 1. The van der Waals surface area contributed by atoms with Crippen LogP contribution in [0.25, 0.3) is 0 Å². The molecule has 0 saturated carbocycles. The molecule has 0 aromatic heterocycles. The molecule has 2 amide bonds. The van der Waals surface area contributed by atoms with Gasteiger partial charge in [0.15, 0.2) is 5.60 Å². The molecule has 8 nitrogen and oxygen atoms in total. The highest BCUT2D eigenvalue weighted by molar-refractivity contribution is 7.88. The molecule has 2 fully saturated rings. The lowest BCUT2D eigenvalue weighted by Crippen LogP contribution is -2.62. The molecule has 148 valence electrons. The molecule has 2 atom stereocenters. The van der Waals surface area contributed by atoms with Crippen molar-refractivity contribution in [3.05, 3.63) is 34.9 Å². The van der Waals surface area contributed by atoms with Crippen molar-refractivity contribution in [2.45, 2.75) is 26.0 Å². The third-order valence-corrected chi connectivity index (χ3v) is 6.53. The minimum Gasteiger partial charge on any atom is -0.361 e. The number of hydrogen-bond acceptors (Lipinski definition) is 5. The van der Waals surface area contributed by atoms with Gasteiger partial charge in [-0.3, -0.25) is 9.59 Å². The molecule has 2 N–H and O–H groups in total. The van der Waals surface area contributed by atoms with E-state index in [1.54, 1.807) is 0 Å². The molecule has 0 aliphatic carbocycles. The van der Waals surface area contributed by atoms with E-state index in [4.69, 9.17) is 4.74 Å². The number of carbonyl (C=O) groups excluding carboxylic acids is 2. The van der Waals surface area contributed by atoms with E-state index in [9.17, 15) is 18.0 Å². The van der Waals surface area contributed by atoms with Gasteiger partial charge in [0.1, 0.15) is 0 Å². The molecule has 0 bridgehead atoms. The Morgan fingerprint density at radius 1 is 1.37 bits per heavy atom. The minimum atomic E-state index is -3.55. The number of nitrogens with zero attached hydrogens (tertiary/aromatic N) is 1. The van der Waals surface area contributed by atoms with Crippen LogP contribution in [0.5, 0.6) is 0 Å². The van der Waals surface area contributed by atoms with Crippen molar-refractivity contribution in [1.29, 1.82) is 0 Å². The van der Waals surface area contributed by atoms with Gasteiger partial charge in [-0.05, 0) is 30.5 Å². The molecule has 1 spiro atoms. The maximum atomic E-state index is 12.9. The van der Waals surface area contributed by atoms with Gasteiger partial charge in [-0.25, -0.2) is 8.42 Å². The number of sulfonamides is 1. The van der Waals surface area contributed by atoms with E-state index in [-0.39, 0.29) is 19.7 Å². The molecular weight excluding hydrogens is 370 g/mol. The van der Waals surface area contributed by atoms with Gasteiger partial charge in [0.25, 0.3) is 5.91 Å². The second-order valence-corrected chi connectivity index (χ2v) is 9.22. The molecule has 0 radical (unpaired) electrons. The molecule has 2 aliphatic rings. The Kier molecular flexibility index (Phi) is 5.29. The van der Waals surface area contributed by atoms with Crippen molar-refractivity contribution in [3.8, 4) is 0 Å². The van der Waals surface area contributed by atoms with E-state index in [0.29, 0.717) is 13.1 Å². The van der Waals surface area contributed by atoms with E-state index in [2.05, 4.69) is 10.6 Å². The van der Waals surface area contributed by atoms with Crippen LogP contribution in [0.3, 0.4) is 0 Å². The molecular formula is C18H25N3O5S. The summed E-state index contributed by atoms with van der Waals surface area (Å²) in [4.78, 5) is 25.4. The molecule has 2 aliphatic heterocycles. The lowest BCUT2D eigenvalue weighted by molar-refractivity contribution is -0.163. The van der Waals surface area contributed by atoms with Crippen LogP contribution in [0.15, 0.2) is 18.2 Å². The molecule has 27 heavy (non-hydrogen) atoms. The summed E-state index contributed by atoms with van der Waals surface area (Å²) in [5.41, 5.74) is 1.75. The maximum absolute atomic E-state index is 12.9. The van der Waals surface area contributed by atoms with Crippen molar-refractivity contribution in [2.75, 3.05) is 32.5 Å². The summed E-state index contributed by atoms with van der Waals surface area (Å²) >= 11 is 0. The number of rotatable bonds is 4. The molecule has 1 aromatic carbocycles. The summed E-state index contributed by atoms with van der Waals surface area (Å²) in [7, 11) is -3.55. The first-order valence-electron chi connectivity index (χ1n) is 8.85. The van der Waals surface area contributed by atoms with Crippen LogP contribution in [-0.4, -0.2) is 62.6 Å². The third kappa shape index (κ3) is 3.85. The molecule has 2 heterocycles. The second kappa shape index (κ2) is 7.21. The highest BCUT2D eigenvalue weighted by atomic mass is 32.2. The highest BCUT2D eigenvalue weighted by Crippen LogP contribution is 2.34. The number of hydrogen-bond donors (Lipinski definition) is 2. The second-order valence-electron chi connectivity index (χ2n) is 7.24. The number of aryl methyl sites for hydroxylation is 2. The first kappa shape index (κ1) is 19.8. The van der Waals surface area contributed by atoms with E-state index in [1.807, 2.05) is 32.0 Å².